The third kappa shape index (κ3) is 2.82. The number of benzene rings is 1. The van der Waals surface area contributed by atoms with Gasteiger partial charge < -0.3 is 14.7 Å². The minimum absolute atomic E-state index is 0.124. The van der Waals surface area contributed by atoms with E-state index in [4.69, 9.17) is 4.74 Å². The van der Waals surface area contributed by atoms with Crippen LogP contribution in [0.15, 0.2) is 18.2 Å². The van der Waals surface area contributed by atoms with Gasteiger partial charge in [-0.2, -0.15) is 0 Å². The van der Waals surface area contributed by atoms with E-state index in [0.717, 1.165) is 5.56 Å². The Balaban J connectivity index is 3.18. The van der Waals surface area contributed by atoms with Gasteiger partial charge >= 0.3 is 0 Å². The van der Waals surface area contributed by atoms with Gasteiger partial charge in [-0.3, -0.25) is 4.79 Å². The molecule has 1 rings (SSSR count). The van der Waals surface area contributed by atoms with Crippen LogP contribution in [-0.2, 0) is 9.53 Å². The SMILES string of the molecule is CCN(C(=O)C(C)(C)OC)c1cc(O)ccc1C. The fourth-order valence-corrected chi connectivity index (χ4v) is 1.72. The average molecular weight is 251 g/mol. The molecule has 100 valence electrons. The molecule has 0 radical (unpaired) electrons. The molecule has 0 saturated heterocycles. The lowest BCUT2D eigenvalue weighted by Gasteiger charge is -2.31. The topological polar surface area (TPSA) is 49.8 Å². The maximum Gasteiger partial charge on any atom is 0.258 e. The quantitative estimate of drug-likeness (QED) is 0.894. The van der Waals surface area contributed by atoms with Gasteiger partial charge in [0, 0.05) is 19.7 Å². The van der Waals surface area contributed by atoms with Crippen molar-refractivity contribution in [3.63, 3.8) is 0 Å². The van der Waals surface area contributed by atoms with Crippen LogP contribution >= 0.6 is 0 Å². The first-order valence-corrected chi connectivity index (χ1v) is 6.00. The Morgan fingerprint density at radius 2 is 2.06 bits per heavy atom. The summed E-state index contributed by atoms with van der Waals surface area (Å²) < 4.78 is 5.22. The number of likely N-dealkylation sites (N-methyl/N-ethyl adjacent to an activating group) is 1. The van der Waals surface area contributed by atoms with Gasteiger partial charge in [0.2, 0.25) is 0 Å². The van der Waals surface area contributed by atoms with Crippen LogP contribution in [0.25, 0.3) is 0 Å². The fourth-order valence-electron chi connectivity index (χ4n) is 1.72. The molecule has 18 heavy (non-hydrogen) atoms. The molecule has 0 unspecified atom stereocenters. The first-order chi connectivity index (χ1) is 8.33. The van der Waals surface area contributed by atoms with Crippen LogP contribution in [0.2, 0.25) is 0 Å². The summed E-state index contributed by atoms with van der Waals surface area (Å²) in [4.78, 5) is 14.0. The van der Waals surface area contributed by atoms with Crippen molar-refractivity contribution in [3.8, 4) is 5.75 Å². The van der Waals surface area contributed by atoms with Crippen molar-refractivity contribution in [2.45, 2.75) is 33.3 Å². The molecule has 0 aliphatic carbocycles. The standard InChI is InChI=1S/C14H21NO3/c1-6-15(13(17)14(3,4)18-5)12-9-11(16)8-7-10(12)2/h7-9,16H,6H2,1-5H3. The zero-order chi connectivity index (χ0) is 13.9. The summed E-state index contributed by atoms with van der Waals surface area (Å²) in [5, 5.41) is 9.55. The fraction of sp³-hybridized carbons (Fsp3) is 0.500. The van der Waals surface area contributed by atoms with Crippen molar-refractivity contribution >= 4 is 11.6 Å². The normalized spacial score (nSPS) is 11.4. The number of nitrogens with zero attached hydrogens (tertiary/aromatic N) is 1. The second-order valence-electron chi connectivity index (χ2n) is 4.73. The van der Waals surface area contributed by atoms with Crippen molar-refractivity contribution in [2.75, 3.05) is 18.6 Å². The number of carbonyl (C=O) groups is 1. The Bertz CT molecular complexity index is 441. The van der Waals surface area contributed by atoms with Crippen LogP contribution in [-0.4, -0.2) is 30.3 Å². The molecule has 1 amide bonds. The molecule has 0 fully saturated rings. The van der Waals surface area contributed by atoms with Crippen molar-refractivity contribution < 1.29 is 14.6 Å². The second-order valence-corrected chi connectivity index (χ2v) is 4.73. The third-order valence-electron chi connectivity index (χ3n) is 3.07. The van der Waals surface area contributed by atoms with Crippen molar-refractivity contribution in [2.24, 2.45) is 0 Å². The van der Waals surface area contributed by atoms with Crippen molar-refractivity contribution in [1.82, 2.24) is 0 Å². The smallest absolute Gasteiger partial charge is 0.258 e. The number of aryl methyl sites for hydroxylation is 1. The molecule has 1 aromatic rings. The molecule has 0 spiro atoms. The predicted molar refractivity (Wildman–Crippen MR) is 72.0 cm³/mol. The largest absolute Gasteiger partial charge is 0.508 e. The molecule has 0 heterocycles. The summed E-state index contributed by atoms with van der Waals surface area (Å²) in [6, 6.07) is 5.00. The lowest BCUT2D eigenvalue weighted by Crippen LogP contribution is -2.46. The summed E-state index contributed by atoms with van der Waals surface area (Å²) in [5.74, 6) is 0.0262. The predicted octanol–water partition coefficient (Wildman–Crippen LogP) is 2.48. The summed E-state index contributed by atoms with van der Waals surface area (Å²) >= 11 is 0. The highest BCUT2D eigenvalue weighted by atomic mass is 16.5. The van der Waals surface area contributed by atoms with E-state index in [1.807, 2.05) is 13.8 Å². The van der Waals surface area contributed by atoms with Crippen LogP contribution < -0.4 is 4.90 Å². The Kier molecular flexibility index (Phi) is 4.35. The molecule has 4 heteroatoms. The Morgan fingerprint density at radius 3 is 2.56 bits per heavy atom. The van der Waals surface area contributed by atoms with Gasteiger partial charge in [0.25, 0.3) is 5.91 Å². The molecule has 0 bridgehead atoms. The van der Waals surface area contributed by atoms with E-state index in [-0.39, 0.29) is 11.7 Å². The highest BCUT2D eigenvalue weighted by Crippen LogP contribution is 2.27. The molecule has 4 nitrogen and oxygen atoms in total. The first kappa shape index (κ1) is 14.5. The van der Waals surface area contributed by atoms with E-state index in [1.165, 1.54) is 7.11 Å². The van der Waals surface area contributed by atoms with Crippen molar-refractivity contribution in [3.05, 3.63) is 23.8 Å². The van der Waals surface area contributed by atoms with E-state index in [0.29, 0.717) is 12.2 Å². The molecule has 1 N–H and O–H groups in total. The maximum absolute atomic E-state index is 12.4. The minimum atomic E-state index is -0.881. The molecule has 0 atom stereocenters. The van der Waals surface area contributed by atoms with Gasteiger partial charge in [-0.25, -0.2) is 0 Å². The molecule has 0 aliphatic rings. The molecular weight excluding hydrogens is 230 g/mol. The van der Waals surface area contributed by atoms with Crippen LogP contribution in [0.5, 0.6) is 5.75 Å². The number of methoxy groups -OCH3 is 1. The molecular formula is C14H21NO3. The maximum atomic E-state index is 12.4. The average Bonchev–Trinajstić information content (AvgIpc) is 2.34. The third-order valence-corrected chi connectivity index (χ3v) is 3.07. The number of anilines is 1. The zero-order valence-electron chi connectivity index (χ0n) is 11.7. The molecule has 0 saturated carbocycles. The Hall–Kier alpha value is -1.55. The Labute approximate surface area is 108 Å². The molecule has 1 aromatic carbocycles. The number of aromatic hydroxyl groups is 1. The number of amides is 1. The lowest BCUT2D eigenvalue weighted by atomic mass is 10.1. The lowest BCUT2D eigenvalue weighted by molar-refractivity contribution is -0.136. The summed E-state index contributed by atoms with van der Waals surface area (Å²) in [6.07, 6.45) is 0. The van der Waals surface area contributed by atoms with Crippen molar-refractivity contribution in [1.29, 1.82) is 0 Å². The van der Waals surface area contributed by atoms with Crippen LogP contribution in [0.4, 0.5) is 5.69 Å². The van der Waals surface area contributed by atoms with Crippen LogP contribution in [0.3, 0.4) is 0 Å². The number of carbonyl (C=O) groups excluding carboxylic acids is 1. The van der Waals surface area contributed by atoms with E-state index < -0.39 is 5.60 Å². The second kappa shape index (κ2) is 5.40. The number of hydrogen-bond donors (Lipinski definition) is 1. The summed E-state index contributed by atoms with van der Waals surface area (Å²) in [7, 11) is 1.51. The highest BCUT2D eigenvalue weighted by molar-refractivity contribution is 5.99. The van der Waals surface area contributed by atoms with Gasteiger partial charge in [-0.15, -0.1) is 0 Å². The summed E-state index contributed by atoms with van der Waals surface area (Å²) in [6.45, 7) is 7.79. The molecule has 0 aliphatic heterocycles. The number of rotatable bonds is 4. The van der Waals surface area contributed by atoms with Gasteiger partial charge in [0.1, 0.15) is 11.4 Å². The van der Waals surface area contributed by atoms with Crippen LogP contribution in [0.1, 0.15) is 26.3 Å². The van der Waals surface area contributed by atoms with E-state index >= 15 is 0 Å². The number of hydrogen-bond acceptors (Lipinski definition) is 3. The van der Waals surface area contributed by atoms with E-state index in [1.54, 1.807) is 36.9 Å². The summed E-state index contributed by atoms with van der Waals surface area (Å²) in [5.41, 5.74) is 0.774. The number of phenolic OH excluding ortho intramolecular Hbond substituents is 1. The van der Waals surface area contributed by atoms with E-state index in [9.17, 15) is 9.90 Å². The van der Waals surface area contributed by atoms with Crippen LogP contribution in [0, 0.1) is 6.92 Å². The van der Waals surface area contributed by atoms with E-state index in [2.05, 4.69) is 0 Å². The monoisotopic (exact) mass is 251 g/mol. The first-order valence-electron chi connectivity index (χ1n) is 6.00. The molecule has 0 aromatic heterocycles. The number of phenols is 1. The Morgan fingerprint density at radius 1 is 1.44 bits per heavy atom. The zero-order valence-corrected chi connectivity index (χ0v) is 11.7. The number of ether oxygens (including phenoxy) is 1. The van der Waals surface area contributed by atoms with Gasteiger partial charge in [0.05, 0.1) is 5.69 Å². The van der Waals surface area contributed by atoms with Gasteiger partial charge in [-0.05, 0) is 39.3 Å². The minimum Gasteiger partial charge on any atom is -0.508 e. The van der Waals surface area contributed by atoms with Gasteiger partial charge in [-0.1, -0.05) is 6.07 Å². The van der Waals surface area contributed by atoms with Gasteiger partial charge in [0.15, 0.2) is 0 Å². The highest BCUT2D eigenvalue weighted by Gasteiger charge is 2.32.